The third-order valence-electron chi connectivity index (χ3n) is 1.94. The Kier molecular flexibility index (Phi) is 3.44. The van der Waals surface area contributed by atoms with E-state index in [1.165, 1.54) is 12.4 Å². The predicted octanol–water partition coefficient (Wildman–Crippen LogP) is 1.25. The van der Waals surface area contributed by atoms with Crippen molar-refractivity contribution in [1.29, 1.82) is 0 Å². The Morgan fingerprint density at radius 2 is 2.00 bits per heavy atom. The number of aliphatic hydroxyl groups excluding tert-OH is 1. The van der Waals surface area contributed by atoms with Crippen LogP contribution in [0.4, 0.5) is 10.6 Å². The lowest BCUT2D eigenvalue weighted by atomic mass is 10.1. The maximum atomic E-state index is 11.1. The molecule has 1 aromatic rings. The van der Waals surface area contributed by atoms with Gasteiger partial charge in [0.25, 0.3) is 0 Å². The van der Waals surface area contributed by atoms with Crippen LogP contribution in [0.25, 0.3) is 0 Å². The molecule has 88 valence electrons. The molecule has 0 fully saturated rings. The maximum Gasteiger partial charge on any atom is 0.413 e. The number of carbonyl (C=O) groups is 1. The highest BCUT2D eigenvalue weighted by atomic mass is 16.4. The molecule has 6 heteroatoms. The van der Waals surface area contributed by atoms with Crippen LogP contribution in [0.1, 0.15) is 26.5 Å². The third kappa shape index (κ3) is 2.66. The molecule has 1 aromatic heterocycles. The Labute approximate surface area is 93.6 Å². The zero-order valence-corrected chi connectivity index (χ0v) is 9.51. The molecule has 0 aliphatic rings. The predicted molar refractivity (Wildman–Crippen MR) is 58.2 cm³/mol. The summed E-state index contributed by atoms with van der Waals surface area (Å²) in [5.41, 5.74) is -0.190. The van der Waals surface area contributed by atoms with Gasteiger partial charge in [0.1, 0.15) is 0 Å². The number of hydrogen-bond acceptors (Lipinski definition) is 4. The highest BCUT2D eigenvalue weighted by molar-refractivity contribution is 5.85. The molecule has 16 heavy (non-hydrogen) atoms. The van der Waals surface area contributed by atoms with E-state index >= 15 is 0 Å². The number of nitrogens with zero attached hydrogens (tertiary/aromatic N) is 3. The fourth-order valence-electron chi connectivity index (χ4n) is 1.27. The van der Waals surface area contributed by atoms with Gasteiger partial charge in [0, 0.05) is 5.54 Å². The molecular weight excluding hydrogens is 210 g/mol. The summed E-state index contributed by atoms with van der Waals surface area (Å²) in [4.78, 5) is 20.1. The number of carboxylic acid groups (broad SMARTS) is 1. The van der Waals surface area contributed by atoms with Gasteiger partial charge in [0.05, 0.1) is 24.7 Å². The van der Waals surface area contributed by atoms with Gasteiger partial charge in [0.2, 0.25) is 0 Å². The Hall–Kier alpha value is -1.69. The van der Waals surface area contributed by atoms with Gasteiger partial charge in [-0.05, 0) is 20.8 Å². The summed E-state index contributed by atoms with van der Waals surface area (Å²) in [5, 5.41) is 17.9. The summed E-state index contributed by atoms with van der Waals surface area (Å²) in [7, 11) is 0. The molecule has 0 aliphatic carbocycles. The minimum Gasteiger partial charge on any atom is -0.465 e. The molecule has 6 nitrogen and oxygen atoms in total. The Morgan fingerprint density at radius 1 is 1.38 bits per heavy atom. The van der Waals surface area contributed by atoms with Gasteiger partial charge in [-0.1, -0.05) is 0 Å². The molecule has 0 saturated carbocycles. The maximum absolute atomic E-state index is 11.1. The fraction of sp³-hybridized carbons (Fsp3) is 0.500. The molecule has 0 atom stereocenters. The van der Waals surface area contributed by atoms with E-state index in [4.69, 9.17) is 10.2 Å². The molecule has 0 saturated heterocycles. The second-order valence-corrected chi connectivity index (χ2v) is 4.31. The molecule has 0 aliphatic heterocycles. The smallest absolute Gasteiger partial charge is 0.413 e. The summed E-state index contributed by atoms with van der Waals surface area (Å²) >= 11 is 0. The average Bonchev–Trinajstić information content (AvgIpc) is 2.16. The number of aliphatic hydroxyl groups is 1. The fourth-order valence-corrected chi connectivity index (χ4v) is 1.27. The summed E-state index contributed by atoms with van der Waals surface area (Å²) in [6, 6.07) is 0. The second-order valence-electron chi connectivity index (χ2n) is 4.31. The van der Waals surface area contributed by atoms with E-state index in [1.807, 2.05) is 0 Å². The topological polar surface area (TPSA) is 86.6 Å². The van der Waals surface area contributed by atoms with E-state index in [1.54, 1.807) is 20.8 Å². The van der Waals surface area contributed by atoms with Crippen LogP contribution in [0.15, 0.2) is 12.4 Å². The summed E-state index contributed by atoms with van der Waals surface area (Å²) in [6.07, 6.45) is 1.61. The minimum atomic E-state index is -1.08. The SMILES string of the molecule is CC(C)(C)N(C(=O)O)c1cnc(CO)cn1. The molecule has 0 unspecified atom stereocenters. The van der Waals surface area contributed by atoms with E-state index in [-0.39, 0.29) is 12.4 Å². The van der Waals surface area contributed by atoms with Crippen molar-refractivity contribution < 1.29 is 15.0 Å². The highest BCUT2D eigenvalue weighted by Gasteiger charge is 2.28. The van der Waals surface area contributed by atoms with Crippen LogP contribution in [0.5, 0.6) is 0 Å². The standard InChI is InChI=1S/C10H15N3O3/c1-10(2,3)13(9(15)16)8-5-11-7(6-14)4-12-8/h4-5,14H,6H2,1-3H3,(H,15,16). The molecular formula is C10H15N3O3. The highest BCUT2D eigenvalue weighted by Crippen LogP contribution is 2.20. The van der Waals surface area contributed by atoms with Crippen molar-refractivity contribution in [2.45, 2.75) is 32.9 Å². The zero-order chi connectivity index (χ0) is 12.3. The van der Waals surface area contributed by atoms with E-state index in [2.05, 4.69) is 9.97 Å². The first-order chi connectivity index (χ1) is 7.36. The molecule has 0 spiro atoms. The monoisotopic (exact) mass is 225 g/mol. The number of aromatic nitrogens is 2. The van der Waals surface area contributed by atoms with Crippen LogP contribution in [-0.2, 0) is 6.61 Å². The van der Waals surface area contributed by atoms with E-state index in [0.29, 0.717) is 5.69 Å². The third-order valence-corrected chi connectivity index (χ3v) is 1.94. The Balaban J connectivity index is 3.07. The lowest BCUT2D eigenvalue weighted by molar-refractivity contribution is 0.195. The zero-order valence-electron chi connectivity index (χ0n) is 9.51. The summed E-state index contributed by atoms with van der Waals surface area (Å²) < 4.78 is 0. The Bertz CT molecular complexity index is 370. The van der Waals surface area contributed by atoms with Crippen LogP contribution < -0.4 is 4.90 Å². The largest absolute Gasteiger partial charge is 0.465 e. The van der Waals surface area contributed by atoms with Crippen molar-refractivity contribution in [2.24, 2.45) is 0 Å². The van der Waals surface area contributed by atoms with Gasteiger partial charge in [-0.2, -0.15) is 0 Å². The van der Waals surface area contributed by atoms with E-state index in [9.17, 15) is 4.79 Å². The second kappa shape index (κ2) is 4.44. The molecule has 0 aromatic carbocycles. The van der Waals surface area contributed by atoms with Crippen molar-refractivity contribution in [3.63, 3.8) is 0 Å². The number of rotatable bonds is 2. The lowest BCUT2D eigenvalue weighted by Gasteiger charge is -2.31. The van der Waals surface area contributed by atoms with Gasteiger partial charge in [0.15, 0.2) is 5.82 Å². The van der Waals surface area contributed by atoms with E-state index < -0.39 is 11.6 Å². The van der Waals surface area contributed by atoms with Crippen molar-refractivity contribution in [3.05, 3.63) is 18.1 Å². The van der Waals surface area contributed by atoms with Crippen LogP contribution in [0.3, 0.4) is 0 Å². The van der Waals surface area contributed by atoms with Crippen molar-refractivity contribution in [2.75, 3.05) is 4.90 Å². The number of amides is 1. The van der Waals surface area contributed by atoms with Crippen molar-refractivity contribution in [3.8, 4) is 0 Å². The Morgan fingerprint density at radius 3 is 2.31 bits per heavy atom. The van der Waals surface area contributed by atoms with E-state index in [0.717, 1.165) is 4.90 Å². The molecule has 1 amide bonds. The van der Waals surface area contributed by atoms with Gasteiger partial charge in [-0.3, -0.25) is 9.88 Å². The van der Waals surface area contributed by atoms with Crippen molar-refractivity contribution >= 4 is 11.9 Å². The average molecular weight is 225 g/mol. The van der Waals surface area contributed by atoms with Gasteiger partial charge in [-0.15, -0.1) is 0 Å². The van der Waals surface area contributed by atoms with Crippen LogP contribution in [0.2, 0.25) is 0 Å². The lowest BCUT2D eigenvalue weighted by Crippen LogP contribution is -2.45. The number of hydrogen-bond donors (Lipinski definition) is 2. The molecule has 2 N–H and O–H groups in total. The van der Waals surface area contributed by atoms with Gasteiger partial charge >= 0.3 is 6.09 Å². The van der Waals surface area contributed by atoms with Crippen LogP contribution in [-0.4, -0.2) is 31.8 Å². The number of anilines is 1. The van der Waals surface area contributed by atoms with Crippen LogP contribution in [0, 0.1) is 0 Å². The normalized spacial score (nSPS) is 11.2. The van der Waals surface area contributed by atoms with Gasteiger partial charge in [-0.25, -0.2) is 9.78 Å². The van der Waals surface area contributed by atoms with Gasteiger partial charge < -0.3 is 10.2 Å². The molecule has 1 heterocycles. The van der Waals surface area contributed by atoms with Crippen molar-refractivity contribution in [1.82, 2.24) is 9.97 Å². The molecule has 0 bridgehead atoms. The summed E-state index contributed by atoms with van der Waals surface area (Å²) in [5.74, 6) is 0.247. The first-order valence-electron chi connectivity index (χ1n) is 4.81. The molecule has 1 rings (SSSR count). The first kappa shape index (κ1) is 12.4. The molecule has 0 radical (unpaired) electrons. The quantitative estimate of drug-likeness (QED) is 0.791. The summed E-state index contributed by atoms with van der Waals surface area (Å²) in [6.45, 7) is 5.09. The van der Waals surface area contributed by atoms with Crippen LogP contribution >= 0.6 is 0 Å². The first-order valence-corrected chi connectivity index (χ1v) is 4.81. The minimum absolute atomic E-state index is 0.212.